The zero-order valence-corrected chi connectivity index (χ0v) is 15.6. The highest BCUT2D eigenvalue weighted by Crippen LogP contribution is 2.22. The molecule has 0 spiro atoms. The summed E-state index contributed by atoms with van der Waals surface area (Å²) in [5, 5.41) is 5.59. The summed E-state index contributed by atoms with van der Waals surface area (Å²) in [4.78, 5) is 36.0. The fourth-order valence-corrected chi connectivity index (χ4v) is 2.26. The molecule has 1 atom stereocenters. The topological polar surface area (TPSA) is 93.7 Å². The van der Waals surface area contributed by atoms with Crippen LogP contribution in [0.1, 0.15) is 17.3 Å². The maximum Gasteiger partial charge on any atom is 0.328 e. The zero-order valence-electron chi connectivity index (χ0n) is 14.8. The van der Waals surface area contributed by atoms with Crippen molar-refractivity contribution in [1.29, 1.82) is 0 Å². The number of carbonyl (C=O) groups excluding carboxylic acids is 3. The van der Waals surface area contributed by atoms with Gasteiger partial charge in [0.25, 0.3) is 11.8 Å². The van der Waals surface area contributed by atoms with Crippen LogP contribution in [0.2, 0.25) is 5.02 Å². The van der Waals surface area contributed by atoms with Gasteiger partial charge in [0.15, 0.2) is 6.61 Å². The number of nitrogens with one attached hydrogen (secondary N) is 2. The molecule has 0 unspecified atom stereocenters. The standard InChI is InChI=1S/C19H19ClN2O5/c1-12(21-18(24)13-7-9-14(20)10-8-13)19(25)27-11-17(23)22-15-5-3-4-6-16(15)26-2/h3-10,12H,11H2,1-2H3,(H,21,24)(H,22,23)/t12-/m0/s1. The number of hydrogen-bond donors (Lipinski definition) is 2. The molecule has 0 bridgehead atoms. The Balaban J connectivity index is 1.82. The minimum atomic E-state index is -0.924. The van der Waals surface area contributed by atoms with Crippen LogP contribution in [0.4, 0.5) is 5.69 Å². The van der Waals surface area contributed by atoms with Crippen LogP contribution in [0.15, 0.2) is 48.5 Å². The van der Waals surface area contributed by atoms with Crippen molar-refractivity contribution in [3.63, 3.8) is 0 Å². The number of carbonyl (C=O) groups is 3. The Bertz CT molecular complexity index is 823. The SMILES string of the molecule is COc1ccccc1NC(=O)COC(=O)[C@H](C)NC(=O)c1ccc(Cl)cc1. The van der Waals surface area contributed by atoms with Gasteiger partial charge in [-0.05, 0) is 43.3 Å². The molecule has 7 nitrogen and oxygen atoms in total. The van der Waals surface area contributed by atoms with Crippen molar-refractivity contribution in [2.75, 3.05) is 19.0 Å². The quantitative estimate of drug-likeness (QED) is 0.709. The van der Waals surface area contributed by atoms with Gasteiger partial charge in [0, 0.05) is 10.6 Å². The molecule has 142 valence electrons. The molecule has 2 aromatic carbocycles. The Kier molecular flexibility index (Phi) is 7.19. The van der Waals surface area contributed by atoms with Crippen molar-refractivity contribution in [2.45, 2.75) is 13.0 Å². The summed E-state index contributed by atoms with van der Waals surface area (Å²) in [6.07, 6.45) is 0. The number of methoxy groups -OCH3 is 1. The lowest BCUT2D eigenvalue weighted by Gasteiger charge is -2.14. The average molecular weight is 391 g/mol. The molecule has 0 radical (unpaired) electrons. The van der Waals surface area contributed by atoms with Gasteiger partial charge in [0.1, 0.15) is 11.8 Å². The van der Waals surface area contributed by atoms with Gasteiger partial charge in [-0.3, -0.25) is 9.59 Å². The summed E-state index contributed by atoms with van der Waals surface area (Å²) in [5.74, 6) is -1.22. The molecule has 2 rings (SSSR count). The predicted molar refractivity (Wildman–Crippen MR) is 101 cm³/mol. The number of amides is 2. The van der Waals surface area contributed by atoms with Gasteiger partial charge < -0.3 is 20.1 Å². The summed E-state index contributed by atoms with van der Waals surface area (Å²) in [5.41, 5.74) is 0.818. The van der Waals surface area contributed by atoms with Crippen LogP contribution in [0.3, 0.4) is 0 Å². The van der Waals surface area contributed by atoms with Crippen molar-refractivity contribution in [3.05, 3.63) is 59.1 Å². The highest BCUT2D eigenvalue weighted by molar-refractivity contribution is 6.30. The summed E-state index contributed by atoms with van der Waals surface area (Å²) in [6, 6.07) is 12.1. The van der Waals surface area contributed by atoms with Gasteiger partial charge in [-0.25, -0.2) is 4.79 Å². The van der Waals surface area contributed by atoms with E-state index in [0.717, 1.165) is 0 Å². The molecular formula is C19H19ClN2O5. The number of anilines is 1. The molecule has 0 aliphatic heterocycles. The maximum atomic E-state index is 12.1. The number of ether oxygens (including phenoxy) is 2. The van der Waals surface area contributed by atoms with E-state index in [1.54, 1.807) is 36.4 Å². The second-order valence-electron chi connectivity index (χ2n) is 5.56. The van der Waals surface area contributed by atoms with E-state index in [9.17, 15) is 14.4 Å². The van der Waals surface area contributed by atoms with E-state index in [0.29, 0.717) is 22.0 Å². The van der Waals surface area contributed by atoms with Gasteiger partial charge in [0.05, 0.1) is 12.8 Å². The van der Waals surface area contributed by atoms with E-state index in [-0.39, 0.29) is 0 Å². The average Bonchev–Trinajstić information content (AvgIpc) is 2.66. The van der Waals surface area contributed by atoms with Gasteiger partial charge in [-0.2, -0.15) is 0 Å². The second-order valence-corrected chi connectivity index (χ2v) is 5.99. The zero-order chi connectivity index (χ0) is 19.8. The molecule has 27 heavy (non-hydrogen) atoms. The number of rotatable bonds is 7. The van der Waals surface area contributed by atoms with Crippen molar-refractivity contribution in [2.24, 2.45) is 0 Å². The van der Waals surface area contributed by atoms with Crippen molar-refractivity contribution >= 4 is 35.1 Å². The van der Waals surface area contributed by atoms with Crippen LogP contribution in [-0.4, -0.2) is 37.5 Å². The Morgan fingerprint density at radius 2 is 1.74 bits per heavy atom. The molecule has 8 heteroatoms. The Hall–Kier alpha value is -3.06. The van der Waals surface area contributed by atoms with E-state index in [1.165, 1.54) is 26.2 Å². The molecule has 2 N–H and O–H groups in total. The first-order valence-corrected chi connectivity index (χ1v) is 8.44. The predicted octanol–water partition coefficient (Wildman–Crippen LogP) is 2.65. The number of benzene rings is 2. The maximum absolute atomic E-state index is 12.1. The van der Waals surface area contributed by atoms with Gasteiger partial charge in [-0.15, -0.1) is 0 Å². The van der Waals surface area contributed by atoms with Crippen molar-refractivity contribution in [1.82, 2.24) is 5.32 Å². The fourth-order valence-electron chi connectivity index (χ4n) is 2.14. The van der Waals surface area contributed by atoms with Gasteiger partial charge in [0.2, 0.25) is 0 Å². The lowest BCUT2D eigenvalue weighted by Crippen LogP contribution is -2.40. The third-order valence-corrected chi connectivity index (χ3v) is 3.79. The molecule has 2 aromatic rings. The van der Waals surface area contributed by atoms with Crippen LogP contribution in [-0.2, 0) is 14.3 Å². The van der Waals surface area contributed by atoms with E-state index >= 15 is 0 Å². The summed E-state index contributed by atoms with van der Waals surface area (Å²) < 4.78 is 10.1. The first kappa shape index (κ1) is 20.3. The van der Waals surface area contributed by atoms with Crippen LogP contribution >= 0.6 is 11.6 Å². The van der Waals surface area contributed by atoms with Crippen LogP contribution in [0.25, 0.3) is 0 Å². The minimum Gasteiger partial charge on any atom is -0.495 e. The third kappa shape index (κ3) is 6.00. The largest absolute Gasteiger partial charge is 0.495 e. The number of esters is 1. The molecule has 0 aromatic heterocycles. The molecule has 0 heterocycles. The van der Waals surface area contributed by atoms with Crippen molar-refractivity contribution in [3.8, 4) is 5.75 Å². The first-order chi connectivity index (χ1) is 12.9. The summed E-state index contributed by atoms with van der Waals surface area (Å²) in [7, 11) is 1.48. The van der Waals surface area contributed by atoms with Gasteiger partial charge in [-0.1, -0.05) is 23.7 Å². The smallest absolute Gasteiger partial charge is 0.328 e. The first-order valence-electron chi connectivity index (χ1n) is 8.06. The van der Waals surface area contributed by atoms with E-state index in [2.05, 4.69) is 10.6 Å². The highest BCUT2D eigenvalue weighted by atomic mass is 35.5. The second kappa shape index (κ2) is 9.59. The number of para-hydroxylation sites is 2. The molecule has 0 aliphatic rings. The molecule has 0 fully saturated rings. The fraction of sp³-hybridized carbons (Fsp3) is 0.211. The highest BCUT2D eigenvalue weighted by Gasteiger charge is 2.19. The lowest BCUT2D eigenvalue weighted by atomic mass is 10.2. The minimum absolute atomic E-state index is 0.355. The van der Waals surface area contributed by atoms with E-state index < -0.39 is 30.4 Å². The monoisotopic (exact) mass is 390 g/mol. The van der Waals surface area contributed by atoms with Crippen LogP contribution in [0, 0.1) is 0 Å². The molecule has 0 aliphatic carbocycles. The van der Waals surface area contributed by atoms with Crippen LogP contribution in [0.5, 0.6) is 5.75 Å². The number of hydrogen-bond acceptors (Lipinski definition) is 5. The van der Waals surface area contributed by atoms with Gasteiger partial charge >= 0.3 is 5.97 Å². The Morgan fingerprint density at radius 1 is 1.07 bits per heavy atom. The van der Waals surface area contributed by atoms with E-state index in [1.807, 2.05) is 0 Å². The molecular weight excluding hydrogens is 372 g/mol. The lowest BCUT2D eigenvalue weighted by molar-refractivity contribution is -0.148. The molecule has 0 saturated heterocycles. The Labute approximate surface area is 161 Å². The third-order valence-electron chi connectivity index (χ3n) is 3.53. The molecule has 2 amide bonds. The van der Waals surface area contributed by atoms with Crippen molar-refractivity contribution < 1.29 is 23.9 Å². The Morgan fingerprint density at radius 3 is 2.41 bits per heavy atom. The van der Waals surface area contributed by atoms with E-state index in [4.69, 9.17) is 21.1 Å². The number of halogens is 1. The summed E-state index contributed by atoms with van der Waals surface area (Å²) in [6.45, 7) is 0.978. The normalized spacial score (nSPS) is 11.2. The molecule has 0 saturated carbocycles. The van der Waals surface area contributed by atoms with Crippen LogP contribution < -0.4 is 15.4 Å². The summed E-state index contributed by atoms with van der Waals surface area (Å²) >= 11 is 5.77.